The molecule has 2 rings (SSSR count). The standard InChI is InChI=1S/C12H14N4O3/c1-7-4-8(12(17)18)5-9(13-7)14-10-6-11(19-3)16(2)15-10/h4-6H,1-3H3,(H,17,18)(H,13,14,15). The Bertz CT molecular complexity index is 621. The summed E-state index contributed by atoms with van der Waals surface area (Å²) in [4.78, 5) is 15.2. The molecule has 0 aliphatic heterocycles. The Balaban J connectivity index is 2.29. The molecule has 0 aromatic carbocycles. The highest BCUT2D eigenvalue weighted by molar-refractivity contribution is 5.88. The molecule has 0 bridgehead atoms. The van der Waals surface area contributed by atoms with Crippen molar-refractivity contribution in [3.05, 3.63) is 29.5 Å². The van der Waals surface area contributed by atoms with Crippen LogP contribution in [0.5, 0.6) is 5.88 Å². The SMILES string of the molecule is COc1cc(Nc2cc(C(=O)O)cc(C)n2)nn1C. The van der Waals surface area contributed by atoms with Crippen LogP contribution in [0.15, 0.2) is 18.2 Å². The molecule has 0 aliphatic carbocycles. The second-order valence-electron chi connectivity index (χ2n) is 4.01. The number of pyridine rings is 1. The molecule has 100 valence electrons. The summed E-state index contributed by atoms with van der Waals surface area (Å²) in [5.74, 6) is 0.563. The Morgan fingerprint density at radius 3 is 2.68 bits per heavy atom. The zero-order valence-corrected chi connectivity index (χ0v) is 10.8. The number of ether oxygens (including phenoxy) is 1. The smallest absolute Gasteiger partial charge is 0.335 e. The van der Waals surface area contributed by atoms with Crippen LogP contribution in [-0.2, 0) is 7.05 Å². The van der Waals surface area contributed by atoms with Gasteiger partial charge in [0.05, 0.1) is 12.7 Å². The van der Waals surface area contributed by atoms with Crippen LogP contribution in [0.4, 0.5) is 11.6 Å². The summed E-state index contributed by atoms with van der Waals surface area (Å²) in [5.41, 5.74) is 0.795. The summed E-state index contributed by atoms with van der Waals surface area (Å²) >= 11 is 0. The molecule has 0 atom stereocenters. The number of rotatable bonds is 4. The number of hydrogen-bond acceptors (Lipinski definition) is 5. The fraction of sp³-hybridized carbons (Fsp3) is 0.250. The van der Waals surface area contributed by atoms with Gasteiger partial charge in [-0.05, 0) is 19.1 Å². The molecule has 0 spiro atoms. The van der Waals surface area contributed by atoms with E-state index in [9.17, 15) is 4.79 Å². The molecule has 2 aromatic heterocycles. The fourth-order valence-electron chi connectivity index (χ4n) is 1.69. The predicted molar refractivity (Wildman–Crippen MR) is 69.0 cm³/mol. The number of carboxylic acids is 1. The normalized spacial score (nSPS) is 10.3. The number of carbonyl (C=O) groups is 1. The highest BCUT2D eigenvalue weighted by atomic mass is 16.5. The minimum atomic E-state index is -0.993. The maximum Gasteiger partial charge on any atom is 0.335 e. The van der Waals surface area contributed by atoms with Gasteiger partial charge in [0.1, 0.15) is 5.82 Å². The molecule has 0 fully saturated rings. The van der Waals surface area contributed by atoms with Crippen LogP contribution in [0, 0.1) is 6.92 Å². The maximum atomic E-state index is 11.0. The monoisotopic (exact) mass is 262 g/mol. The molecule has 7 nitrogen and oxygen atoms in total. The van der Waals surface area contributed by atoms with Crippen LogP contribution in [0.25, 0.3) is 0 Å². The molecular formula is C12H14N4O3. The van der Waals surface area contributed by atoms with E-state index in [1.54, 1.807) is 31.8 Å². The predicted octanol–water partition coefficient (Wildman–Crippen LogP) is 1.57. The first-order valence-corrected chi connectivity index (χ1v) is 5.56. The summed E-state index contributed by atoms with van der Waals surface area (Å²) in [6, 6.07) is 4.66. The van der Waals surface area contributed by atoms with Gasteiger partial charge in [-0.2, -0.15) is 5.10 Å². The molecule has 7 heteroatoms. The lowest BCUT2D eigenvalue weighted by Crippen LogP contribution is -2.02. The number of aromatic nitrogens is 3. The number of aromatic carboxylic acids is 1. The molecule has 0 aliphatic rings. The lowest BCUT2D eigenvalue weighted by Gasteiger charge is -2.04. The van der Waals surface area contributed by atoms with E-state index >= 15 is 0 Å². The average molecular weight is 262 g/mol. The van der Waals surface area contributed by atoms with Crippen LogP contribution >= 0.6 is 0 Å². The van der Waals surface area contributed by atoms with Crippen molar-refractivity contribution in [3.8, 4) is 5.88 Å². The molecule has 2 heterocycles. The van der Waals surface area contributed by atoms with E-state index in [-0.39, 0.29) is 5.56 Å². The second kappa shape index (κ2) is 4.97. The third-order valence-electron chi connectivity index (χ3n) is 2.50. The zero-order chi connectivity index (χ0) is 14.0. The van der Waals surface area contributed by atoms with E-state index < -0.39 is 5.97 Å². The van der Waals surface area contributed by atoms with Gasteiger partial charge in [0.2, 0.25) is 5.88 Å². The van der Waals surface area contributed by atoms with Gasteiger partial charge in [-0.25, -0.2) is 14.5 Å². The second-order valence-corrected chi connectivity index (χ2v) is 4.01. The van der Waals surface area contributed by atoms with E-state index in [0.717, 1.165) is 0 Å². The maximum absolute atomic E-state index is 11.0. The van der Waals surface area contributed by atoms with Crippen molar-refractivity contribution in [2.75, 3.05) is 12.4 Å². The van der Waals surface area contributed by atoms with Crippen molar-refractivity contribution in [2.45, 2.75) is 6.92 Å². The van der Waals surface area contributed by atoms with Crippen LogP contribution in [0.2, 0.25) is 0 Å². The molecular weight excluding hydrogens is 248 g/mol. The number of methoxy groups -OCH3 is 1. The largest absolute Gasteiger partial charge is 0.481 e. The Morgan fingerprint density at radius 2 is 2.11 bits per heavy atom. The van der Waals surface area contributed by atoms with Gasteiger partial charge in [0.25, 0.3) is 0 Å². The van der Waals surface area contributed by atoms with Gasteiger partial charge in [-0.3, -0.25) is 0 Å². The summed E-state index contributed by atoms with van der Waals surface area (Å²) in [6.07, 6.45) is 0. The molecule has 0 amide bonds. The van der Waals surface area contributed by atoms with E-state index in [2.05, 4.69) is 15.4 Å². The first kappa shape index (κ1) is 12.9. The Labute approximate surface area is 109 Å². The van der Waals surface area contributed by atoms with Crippen molar-refractivity contribution in [1.29, 1.82) is 0 Å². The van der Waals surface area contributed by atoms with Crippen LogP contribution in [0.1, 0.15) is 16.1 Å². The number of aryl methyl sites for hydroxylation is 2. The van der Waals surface area contributed by atoms with Crippen molar-refractivity contribution in [2.24, 2.45) is 7.05 Å². The first-order chi connectivity index (χ1) is 8.99. The topological polar surface area (TPSA) is 89.3 Å². The Morgan fingerprint density at radius 1 is 1.37 bits per heavy atom. The number of nitrogens with one attached hydrogen (secondary N) is 1. The summed E-state index contributed by atoms with van der Waals surface area (Å²) < 4.78 is 6.66. The van der Waals surface area contributed by atoms with E-state index in [4.69, 9.17) is 9.84 Å². The van der Waals surface area contributed by atoms with Gasteiger partial charge in [-0.1, -0.05) is 0 Å². The van der Waals surface area contributed by atoms with Gasteiger partial charge in [0, 0.05) is 18.8 Å². The Hall–Kier alpha value is -2.57. The molecule has 0 unspecified atom stereocenters. The van der Waals surface area contributed by atoms with Crippen LogP contribution < -0.4 is 10.1 Å². The molecule has 19 heavy (non-hydrogen) atoms. The molecule has 2 N–H and O–H groups in total. The van der Waals surface area contributed by atoms with E-state index in [0.29, 0.717) is 23.2 Å². The molecule has 0 saturated carbocycles. The third-order valence-corrected chi connectivity index (χ3v) is 2.50. The summed E-state index contributed by atoms with van der Waals surface area (Å²) in [7, 11) is 3.30. The highest BCUT2D eigenvalue weighted by Crippen LogP contribution is 2.20. The molecule has 2 aromatic rings. The highest BCUT2D eigenvalue weighted by Gasteiger charge is 2.09. The molecule has 0 radical (unpaired) electrons. The first-order valence-electron chi connectivity index (χ1n) is 5.56. The van der Waals surface area contributed by atoms with Crippen LogP contribution in [0.3, 0.4) is 0 Å². The van der Waals surface area contributed by atoms with Crippen molar-refractivity contribution < 1.29 is 14.6 Å². The number of carboxylic acid groups (broad SMARTS) is 1. The van der Waals surface area contributed by atoms with E-state index in [1.165, 1.54) is 12.1 Å². The van der Waals surface area contributed by atoms with Crippen LogP contribution in [-0.4, -0.2) is 33.0 Å². The summed E-state index contributed by atoms with van der Waals surface area (Å²) in [6.45, 7) is 1.73. The zero-order valence-electron chi connectivity index (χ0n) is 10.8. The number of anilines is 2. The van der Waals surface area contributed by atoms with Gasteiger partial charge >= 0.3 is 5.97 Å². The number of nitrogens with zero attached hydrogens (tertiary/aromatic N) is 3. The van der Waals surface area contributed by atoms with Gasteiger partial charge in [-0.15, -0.1) is 0 Å². The van der Waals surface area contributed by atoms with Gasteiger partial charge < -0.3 is 15.2 Å². The average Bonchev–Trinajstić information content (AvgIpc) is 2.68. The minimum absolute atomic E-state index is 0.179. The summed E-state index contributed by atoms with van der Waals surface area (Å²) in [5, 5.41) is 16.1. The lowest BCUT2D eigenvalue weighted by atomic mass is 10.2. The van der Waals surface area contributed by atoms with E-state index in [1.807, 2.05) is 0 Å². The van der Waals surface area contributed by atoms with Crippen molar-refractivity contribution in [3.63, 3.8) is 0 Å². The number of hydrogen-bond donors (Lipinski definition) is 2. The third kappa shape index (κ3) is 2.82. The Kier molecular flexibility index (Phi) is 3.37. The van der Waals surface area contributed by atoms with Gasteiger partial charge in [0.15, 0.2) is 5.82 Å². The molecule has 0 saturated heterocycles. The van der Waals surface area contributed by atoms with Crippen molar-refractivity contribution >= 4 is 17.6 Å². The lowest BCUT2D eigenvalue weighted by molar-refractivity contribution is 0.0696. The van der Waals surface area contributed by atoms with Crippen molar-refractivity contribution in [1.82, 2.24) is 14.8 Å². The fourth-order valence-corrected chi connectivity index (χ4v) is 1.69. The quantitative estimate of drug-likeness (QED) is 0.869. The minimum Gasteiger partial charge on any atom is -0.481 e.